The largest absolute Gasteiger partial charge is 0.496 e. The normalized spacial score (nSPS) is 19.3. The minimum Gasteiger partial charge on any atom is -0.496 e. The standard InChI is InChI=1S/C14H18BrNO2S/c1-3-11-9-16(6-7-19-11)14(17)12-5-4-10(15)8-13(12)18-2/h4-5,8,11H,3,6-7,9H2,1-2H3. The predicted molar refractivity (Wildman–Crippen MR) is 83.1 cm³/mol. The van der Waals surface area contributed by atoms with E-state index >= 15 is 0 Å². The molecule has 1 atom stereocenters. The highest BCUT2D eigenvalue weighted by molar-refractivity contribution is 9.10. The van der Waals surface area contributed by atoms with Gasteiger partial charge in [0.1, 0.15) is 5.75 Å². The van der Waals surface area contributed by atoms with E-state index < -0.39 is 0 Å². The molecule has 3 nitrogen and oxygen atoms in total. The van der Waals surface area contributed by atoms with Crippen molar-refractivity contribution >= 4 is 33.6 Å². The first kappa shape index (κ1) is 14.7. The van der Waals surface area contributed by atoms with E-state index in [4.69, 9.17) is 4.74 Å². The van der Waals surface area contributed by atoms with Crippen molar-refractivity contribution in [2.24, 2.45) is 0 Å². The van der Waals surface area contributed by atoms with Gasteiger partial charge >= 0.3 is 0 Å². The van der Waals surface area contributed by atoms with Gasteiger partial charge in [0.2, 0.25) is 0 Å². The number of hydrogen-bond acceptors (Lipinski definition) is 3. The Morgan fingerprint density at radius 1 is 1.58 bits per heavy atom. The number of methoxy groups -OCH3 is 1. The van der Waals surface area contributed by atoms with Crippen molar-refractivity contribution in [3.05, 3.63) is 28.2 Å². The van der Waals surface area contributed by atoms with Gasteiger partial charge in [0.05, 0.1) is 12.7 Å². The summed E-state index contributed by atoms with van der Waals surface area (Å²) in [6.07, 6.45) is 1.10. The van der Waals surface area contributed by atoms with E-state index in [2.05, 4.69) is 22.9 Å². The number of rotatable bonds is 3. The number of benzene rings is 1. The average Bonchev–Trinajstić information content (AvgIpc) is 2.46. The van der Waals surface area contributed by atoms with Crippen molar-refractivity contribution < 1.29 is 9.53 Å². The van der Waals surface area contributed by atoms with E-state index in [1.165, 1.54) is 0 Å². The fourth-order valence-corrected chi connectivity index (χ4v) is 3.68. The van der Waals surface area contributed by atoms with Crippen LogP contribution in [0.25, 0.3) is 0 Å². The summed E-state index contributed by atoms with van der Waals surface area (Å²) in [5, 5.41) is 0.555. The van der Waals surface area contributed by atoms with E-state index in [-0.39, 0.29) is 5.91 Å². The van der Waals surface area contributed by atoms with Crippen LogP contribution in [0.5, 0.6) is 5.75 Å². The van der Waals surface area contributed by atoms with Gasteiger partial charge < -0.3 is 9.64 Å². The molecular formula is C14H18BrNO2S. The lowest BCUT2D eigenvalue weighted by Crippen LogP contribution is -2.41. The summed E-state index contributed by atoms with van der Waals surface area (Å²) in [5.74, 6) is 1.72. The van der Waals surface area contributed by atoms with E-state index in [1.54, 1.807) is 7.11 Å². The highest BCUT2D eigenvalue weighted by Crippen LogP contribution is 2.27. The monoisotopic (exact) mass is 343 g/mol. The molecule has 0 bridgehead atoms. The molecule has 0 spiro atoms. The first-order chi connectivity index (χ1) is 9.15. The van der Waals surface area contributed by atoms with Crippen molar-refractivity contribution in [1.29, 1.82) is 0 Å². The quantitative estimate of drug-likeness (QED) is 0.841. The first-order valence-electron chi connectivity index (χ1n) is 6.40. The van der Waals surface area contributed by atoms with Crippen LogP contribution in [0.3, 0.4) is 0 Å². The van der Waals surface area contributed by atoms with Gasteiger partial charge in [-0.25, -0.2) is 0 Å². The van der Waals surface area contributed by atoms with Gasteiger partial charge in [0.15, 0.2) is 0 Å². The van der Waals surface area contributed by atoms with Gasteiger partial charge in [0.25, 0.3) is 5.91 Å². The van der Waals surface area contributed by atoms with Crippen molar-refractivity contribution in [3.8, 4) is 5.75 Å². The topological polar surface area (TPSA) is 29.5 Å². The van der Waals surface area contributed by atoms with E-state index in [1.807, 2.05) is 34.9 Å². The molecule has 19 heavy (non-hydrogen) atoms. The van der Waals surface area contributed by atoms with Crippen LogP contribution in [-0.2, 0) is 0 Å². The Morgan fingerprint density at radius 2 is 2.37 bits per heavy atom. The second kappa shape index (κ2) is 6.66. The Bertz CT molecular complexity index is 467. The lowest BCUT2D eigenvalue weighted by molar-refractivity contribution is 0.0757. The Hall–Kier alpha value is -0.680. The third kappa shape index (κ3) is 3.45. The molecule has 1 fully saturated rings. The van der Waals surface area contributed by atoms with Gasteiger partial charge in [-0.15, -0.1) is 0 Å². The SMILES string of the molecule is CCC1CN(C(=O)c2ccc(Br)cc2OC)CCS1. The van der Waals surface area contributed by atoms with Gasteiger partial charge in [-0.1, -0.05) is 22.9 Å². The molecule has 1 aromatic rings. The molecule has 1 amide bonds. The molecule has 0 saturated carbocycles. The van der Waals surface area contributed by atoms with Crippen LogP contribution in [0.4, 0.5) is 0 Å². The van der Waals surface area contributed by atoms with Gasteiger partial charge in [-0.2, -0.15) is 11.8 Å². The van der Waals surface area contributed by atoms with Crippen LogP contribution in [-0.4, -0.2) is 42.0 Å². The first-order valence-corrected chi connectivity index (χ1v) is 8.24. The van der Waals surface area contributed by atoms with Crippen molar-refractivity contribution in [1.82, 2.24) is 4.90 Å². The summed E-state index contributed by atoms with van der Waals surface area (Å²) in [6.45, 7) is 3.82. The molecule has 0 aliphatic carbocycles. The van der Waals surface area contributed by atoms with E-state index in [9.17, 15) is 4.79 Å². The molecule has 104 valence electrons. The highest BCUT2D eigenvalue weighted by atomic mass is 79.9. The Balaban J connectivity index is 2.19. The van der Waals surface area contributed by atoms with Gasteiger partial charge in [0, 0.05) is 28.6 Å². The highest BCUT2D eigenvalue weighted by Gasteiger charge is 2.25. The molecule has 1 aromatic carbocycles. The summed E-state index contributed by atoms with van der Waals surface area (Å²) in [6, 6.07) is 5.54. The summed E-state index contributed by atoms with van der Waals surface area (Å²) in [5.41, 5.74) is 0.646. The Morgan fingerprint density at radius 3 is 3.05 bits per heavy atom. The maximum Gasteiger partial charge on any atom is 0.257 e. The van der Waals surface area contributed by atoms with E-state index in [0.717, 1.165) is 29.7 Å². The molecule has 0 N–H and O–H groups in total. The molecule has 1 aliphatic rings. The number of ether oxygens (including phenoxy) is 1. The number of carbonyl (C=O) groups is 1. The Labute approximate surface area is 126 Å². The van der Waals surface area contributed by atoms with Crippen molar-refractivity contribution in [3.63, 3.8) is 0 Å². The smallest absolute Gasteiger partial charge is 0.257 e. The van der Waals surface area contributed by atoms with Gasteiger partial charge in [-0.3, -0.25) is 4.79 Å². The third-order valence-corrected chi connectivity index (χ3v) is 5.14. The Kier molecular flexibility index (Phi) is 5.16. The maximum absolute atomic E-state index is 12.6. The molecule has 2 rings (SSSR count). The van der Waals surface area contributed by atoms with Crippen LogP contribution in [0.15, 0.2) is 22.7 Å². The lowest BCUT2D eigenvalue weighted by atomic mass is 10.1. The summed E-state index contributed by atoms with van der Waals surface area (Å²) in [4.78, 5) is 14.5. The zero-order valence-corrected chi connectivity index (χ0v) is 13.6. The minimum atomic E-state index is 0.0723. The maximum atomic E-state index is 12.6. The zero-order valence-electron chi connectivity index (χ0n) is 11.2. The van der Waals surface area contributed by atoms with Crippen molar-refractivity contribution in [2.45, 2.75) is 18.6 Å². The molecule has 1 unspecified atom stereocenters. The molecule has 1 heterocycles. The minimum absolute atomic E-state index is 0.0723. The predicted octanol–water partition coefficient (Wildman–Crippen LogP) is 3.43. The van der Waals surface area contributed by atoms with Crippen LogP contribution < -0.4 is 4.74 Å². The second-order valence-electron chi connectivity index (χ2n) is 4.50. The lowest BCUT2D eigenvalue weighted by Gasteiger charge is -2.32. The molecule has 0 aromatic heterocycles. The third-order valence-electron chi connectivity index (χ3n) is 3.28. The fraction of sp³-hybridized carbons (Fsp3) is 0.500. The average molecular weight is 344 g/mol. The zero-order chi connectivity index (χ0) is 13.8. The van der Waals surface area contributed by atoms with Crippen LogP contribution in [0.1, 0.15) is 23.7 Å². The number of carbonyl (C=O) groups excluding carboxylic acids is 1. The second-order valence-corrected chi connectivity index (χ2v) is 6.82. The number of amides is 1. The number of hydrogen-bond donors (Lipinski definition) is 0. The van der Waals surface area contributed by atoms with E-state index in [0.29, 0.717) is 16.6 Å². The van der Waals surface area contributed by atoms with Gasteiger partial charge in [-0.05, 0) is 24.6 Å². The summed E-state index contributed by atoms with van der Waals surface area (Å²) >= 11 is 5.35. The number of thioether (sulfide) groups is 1. The molecular weight excluding hydrogens is 326 g/mol. The number of halogens is 1. The fourth-order valence-electron chi connectivity index (χ4n) is 2.16. The number of nitrogens with zero attached hydrogens (tertiary/aromatic N) is 1. The van der Waals surface area contributed by atoms with Crippen molar-refractivity contribution in [2.75, 3.05) is 26.0 Å². The van der Waals surface area contributed by atoms with Crippen LogP contribution in [0, 0.1) is 0 Å². The summed E-state index contributed by atoms with van der Waals surface area (Å²) < 4.78 is 6.23. The molecule has 0 radical (unpaired) electrons. The van der Waals surface area contributed by atoms with Crippen LogP contribution >= 0.6 is 27.7 Å². The molecule has 1 saturated heterocycles. The molecule has 1 aliphatic heterocycles. The molecule has 5 heteroatoms. The van der Waals surface area contributed by atoms with Crippen LogP contribution in [0.2, 0.25) is 0 Å². The summed E-state index contributed by atoms with van der Waals surface area (Å²) in [7, 11) is 1.60.